The number of fused-ring (bicyclic) bond motifs is 2. The van der Waals surface area contributed by atoms with Crippen LogP contribution < -0.4 is 10.6 Å². The highest BCUT2D eigenvalue weighted by Crippen LogP contribution is 2.60. The average Bonchev–Trinajstić information content (AvgIpc) is 3.02. The number of anilines is 1. The first-order chi connectivity index (χ1) is 13.0. The number of urea groups is 1. The van der Waals surface area contributed by atoms with Gasteiger partial charge in [0.25, 0.3) is 0 Å². The molecule has 0 aliphatic heterocycles. The fraction of sp³-hybridized carbons (Fsp3) is 0.300. The number of aromatic amines is 1. The van der Waals surface area contributed by atoms with Gasteiger partial charge in [0.2, 0.25) is 0 Å². The highest BCUT2D eigenvalue weighted by atomic mass is 35.5. The molecule has 4 N–H and O–H groups in total. The number of para-hydroxylation sites is 1. The van der Waals surface area contributed by atoms with Crippen molar-refractivity contribution in [3.63, 3.8) is 0 Å². The number of aromatic nitrogens is 2. The van der Waals surface area contributed by atoms with Gasteiger partial charge in [0.05, 0.1) is 17.3 Å². The second kappa shape index (κ2) is 5.97. The molecule has 0 spiro atoms. The van der Waals surface area contributed by atoms with Crippen LogP contribution in [0.15, 0.2) is 48.7 Å². The number of aliphatic hydroxyl groups is 1. The lowest BCUT2D eigenvalue weighted by atomic mass is 9.87. The van der Waals surface area contributed by atoms with Gasteiger partial charge in [-0.2, -0.15) is 5.10 Å². The number of amides is 2. The van der Waals surface area contributed by atoms with Gasteiger partial charge in [-0.1, -0.05) is 29.8 Å². The van der Waals surface area contributed by atoms with Gasteiger partial charge in [-0.3, -0.25) is 5.10 Å². The van der Waals surface area contributed by atoms with Gasteiger partial charge in [-0.05, 0) is 48.9 Å². The van der Waals surface area contributed by atoms with Crippen LogP contribution in [0, 0.1) is 11.8 Å². The van der Waals surface area contributed by atoms with Crippen molar-refractivity contribution in [1.29, 1.82) is 0 Å². The minimum absolute atomic E-state index is 0.102. The fourth-order valence-corrected chi connectivity index (χ4v) is 4.75. The maximum Gasteiger partial charge on any atom is 0.319 e. The predicted molar refractivity (Wildman–Crippen MR) is 104 cm³/mol. The van der Waals surface area contributed by atoms with Crippen molar-refractivity contribution in [3.8, 4) is 0 Å². The van der Waals surface area contributed by atoms with Gasteiger partial charge in [0, 0.05) is 27.7 Å². The number of hydrogen-bond donors (Lipinski definition) is 4. The molecule has 3 aromatic rings. The van der Waals surface area contributed by atoms with E-state index in [9.17, 15) is 9.90 Å². The molecule has 0 radical (unpaired) electrons. The molecule has 5 rings (SSSR count). The van der Waals surface area contributed by atoms with Gasteiger partial charge >= 0.3 is 6.03 Å². The predicted octanol–water partition coefficient (Wildman–Crippen LogP) is 3.63. The fourth-order valence-electron chi connectivity index (χ4n) is 4.53. The van der Waals surface area contributed by atoms with E-state index < -0.39 is 5.60 Å². The largest absolute Gasteiger partial charge is 0.385 e. The molecule has 2 unspecified atom stereocenters. The number of carbonyl (C=O) groups excluding carboxylic acids is 1. The Hall–Kier alpha value is -2.57. The van der Waals surface area contributed by atoms with E-state index in [1.807, 2.05) is 42.5 Å². The second-order valence-electron chi connectivity index (χ2n) is 7.55. The molecule has 2 amide bonds. The Kier molecular flexibility index (Phi) is 3.67. The first kappa shape index (κ1) is 16.6. The highest BCUT2D eigenvalue weighted by molar-refractivity contribution is 6.31. The zero-order valence-corrected chi connectivity index (χ0v) is 15.2. The minimum atomic E-state index is -0.945. The van der Waals surface area contributed by atoms with Gasteiger partial charge in [0.1, 0.15) is 0 Å². The Labute approximate surface area is 160 Å². The summed E-state index contributed by atoms with van der Waals surface area (Å²) >= 11 is 6.23. The van der Waals surface area contributed by atoms with E-state index in [0.29, 0.717) is 17.9 Å². The summed E-state index contributed by atoms with van der Waals surface area (Å²) in [5.41, 5.74) is 1.44. The smallest absolute Gasteiger partial charge is 0.319 e. The summed E-state index contributed by atoms with van der Waals surface area (Å²) in [6.07, 6.45) is 2.91. The zero-order chi connectivity index (χ0) is 18.6. The van der Waals surface area contributed by atoms with Gasteiger partial charge in [-0.15, -0.1) is 0 Å². The van der Waals surface area contributed by atoms with Crippen molar-refractivity contribution in [3.05, 3.63) is 59.2 Å². The number of halogens is 1. The molecule has 0 saturated heterocycles. The molecule has 6 nitrogen and oxygen atoms in total. The molecule has 0 bridgehead atoms. The Balaban J connectivity index is 1.27. The third-order valence-electron chi connectivity index (χ3n) is 5.82. The third kappa shape index (κ3) is 2.85. The van der Waals surface area contributed by atoms with Crippen LogP contribution >= 0.6 is 11.6 Å². The number of nitrogens with one attached hydrogen (secondary N) is 3. The summed E-state index contributed by atoms with van der Waals surface area (Å²) in [5.74, 6) is 0.543. The number of H-pyrrole nitrogens is 1. The van der Waals surface area contributed by atoms with Gasteiger partial charge < -0.3 is 15.7 Å². The number of benzene rings is 2. The van der Waals surface area contributed by atoms with Crippen LogP contribution in [0.5, 0.6) is 0 Å². The van der Waals surface area contributed by atoms with Crippen molar-refractivity contribution < 1.29 is 9.90 Å². The first-order valence-electron chi connectivity index (χ1n) is 9.01. The molecule has 2 aromatic carbocycles. The normalized spacial score (nSPS) is 28.7. The number of rotatable bonds is 3. The molecule has 2 aliphatic carbocycles. The summed E-state index contributed by atoms with van der Waals surface area (Å²) in [5, 5.41) is 25.6. The maximum absolute atomic E-state index is 12.2. The highest BCUT2D eigenvalue weighted by Gasteiger charge is 2.62. The van der Waals surface area contributed by atoms with E-state index in [1.165, 1.54) is 0 Å². The standard InChI is InChI=1S/C20H19ClN4O2/c21-12-6-11-10-22-25-17(11)16(7-12)20(27)8-14-15(9-20)18(14)24-19(26)23-13-4-2-1-3-5-13/h1-7,10,14-15,18,27H,8-9H2,(H,22,25)(H2,23,24,26). The van der Waals surface area contributed by atoms with Crippen LogP contribution in [0.4, 0.5) is 10.5 Å². The quantitative estimate of drug-likeness (QED) is 0.557. The summed E-state index contributed by atoms with van der Waals surface area (Å²) in [6.45, 7) is 0. The molecular weight excluding hydrogens is 364 g/mol. The van der Waals surface area contributed by atoms with Gasteiger partial charge in [-0.25, -0.2) is 4.79 Å². The summed E-state index contributed by atoms with van der Waals surface area (Å²) in [4.78, 5) is 12.2. The zero-order valence-electron chi connectivity index (χ0n) is 14.4. The van der Waals surface area contributed by atoms with Crippen LogP contribution in [0.2, 0.25) is 5.02 Å². The number of hydrogen-bond acceptors (Lipinski definition) is 3. The molecule has 1 aromatic heterocycles. The van der Waals surface area contributed by atoms with Crippen molar-refractivity contribution >= 4 is 34.2 Å². The summed E-state index contributed by atoms with van der Waals surface area (Å²) in [6, 6.07) is 12.9. The molecule has 7 heteroatoms. The van der Waals surface area contributed by atoms with Crippen molar-refractivity contribution in [1.82, 2.24) is 15.5 Å². The van der Waals surface area contributed by atoms with E-state index in [0.717, 1.165) is 22.2 Å². The Morgan fingerprint density at radius 3 is 2.70 bits per heavy atom. The Morgan fingerprint density at radius 1 is 1.22 bits per heavy atom. The lowest BCUT2D eigenvalue weighted by Crippen LogP contribution is -2.36. The second-order valence-corrected chi connectivity index (χ2v) is 7.98. The Bertz CT molecular complexity index is 1010. The minimum Gasteiger partial charge on any atom is -0.385 e. The SMILES string of the molecule is O=C(Nc1ccccc1)NC1C2CC(O)(c3cc(Cl)cc4cn[nH]c34)CC21. The van der Waals surface area contributed by atoms with E-state index in [4.69, 9.17) is 11.6 Å². The molecule has 2 atom stereocenters. The molecular formula is C20H19ClN4O2. The first-order valence-corrected chi connectivity index (χ1v) is 9.39. The van der Waals surface area contributed by atoms with Crippen LogP contribution in [-0.2, 0) is 5.60 Å². The lowest BCUT2D eigenvalue weighted by Gasteiger charge is -2.27. The van der Waals surface area contributed by atoms with E-state index in [2.05, 4.69) is 20.8 Å². The van der Waals surface area contributed by atoms with Crippen LogP contribution in [-0.4, -0.2) is 27.4 Å². The van der Waals surface area contributed by atoms with E-state index >= 15 is 0 Å². The number of carbonyl (C=O) groups is 1. The molecule has 1 heterocycles. The summed E-state index contributed by atoms with van der Waals surface area (Å²) in [7, 11) is 0. The Morgan fingerprint density at radius 2 is 1.96 bits per heavy atom. The maximum atomic E-state index is 12.2. The molecule has 27 heavy (non-hydrogen) atoms. The average molecular weight is 383 g/mol. The van der Waals surface area contributed by atoms with Crippen LogP contribution in [0.3, 0.4) is 0 Å². The lowest BCUT2D eigenvalue weighted by molar-refractivity contribution is 0.0298. The van der Waals surface area contributed by atoms with Crippen LogP contribution in [0.1, 0.15) is 18.4 Å². The third-order valence-corrected chi connectivity index (χ3v) is 6.04. The van der Waals surface area contributed by atoms with Crippen LogP contribution in [0.25, 0.3) is 10.9 Å². The summed E-state index contributed by atoms with van der Waals surface area (Å²) < 4.78 is 0. The monoisotopic (exact) mass is 382 g/mol. The molecule has 2 fully saturated rings. The van der Waals surface area contributed by atoms with Crippen molar-refractivity contribution in [2.45, 2.75) is 24.5 Å². The molecule has 138 valence electrons. The van der Waals surface area contributed by atoms with Crippen molar-refractivity contribution in [2.75, 3.05) is 5.32 Å². The van der Waals surface area contributed by atoms with E-state index in [-0.39, 0.29) is 23.9 Å². The molecule has 2 aliphatic rings. The van der Waals surface area contributed by atoms with Gasteiger partial charge in [0.15, 0.2) is 0 Å². The van der Waals surface area contributed by atoms with E-state index in [1.54, 1.807) is 6.20 Å². The topological polar surface area (TPSA) is 90.0 Å². The number of nitrogens with zero attached hydrogens (tertiary/aromatic N) is 1. The van der Waals surface area contributed by atoms with Crippen molar-refractivity contribution in [2.24, 2.45) is 11.8 Å². The molecule has 2 saturated carbocycles.